The van der Waals surface area contributed by atoms with Crippen molar-refractivity contribution in [1.29, 1.82) is 0 Å². The van der Waals surface area contributed by atoms with Crippen molar-refractivity contribution in [3.05, 3.63) is 94.2 Å². The van der Waals surface area contributed by atoms with Gasteiger partial charge in [-0.2, -0.15) is 0 Å². The molecule has 2 aromatic carbocycles. The van der Waals surface area contributed by atoms with E-state index in [1.807, 2.05) is 60.7 Å². The summed E-state index contributed by atoms with van der Waals surface area (Å²) in [6, 6.07) is 23.5. The highest BCUT2D eigenvalue weighted by atomic mass is 32.1. The molecule has 184 valence electrons. The van der Waals surface area contributed by atoms with Crippen LogP contribution >= 0.6 is 11.3 Å². The van der Waals surface area contributed by atoms with Crippen molar-refractivity contribution in [1.82, 2.24) is 9.96 Å². The van der Waals surface area contributed by atoms with Crippen molar-refractivity contribution < 1.29 is 19.2 Å². The molecule has 1 aliphatic rings. The Bertz CT molecular complexity index is 1060. The first kappa shape index (κ1) is 25.1. The van der Waals surface area contributed by atoms with Gasteiger partial charge in [-0.15, -0.1) is 11.3 Å². The minimum atomic E-state index is -1.16. The number of piperidine rings is 1. The van der Waals surface area contributed by atoms with Gasteiger partial charge < -0.3 is 9.64 Å². The maximum absolute atomic E-state index is 13.6. The number of carbonyl (C=O) groups excluding carboxylic acids is 2. The Kier molecular flexibility index (Phi) is 8.69. The van der Waals surface area contributed by atoms with Gasteiger partial charge in [0.15, 0.2) is 5.54 Å². The zero-order valence-electron chi connectivity index (χ0n) is 20.1. The largest absolute Gasteiger partial charge is 0.459 e. The lowest BCUT2D eigenvalue weighted by Crippen LogP contribution is -2.61. The third-order valence-electron chi connectivity index (χ3n) is 6.41. The van der Waals surface area contributed by atoms with Crippen LogP contribution in [-0.2, 0) is 38.8 Å². The van der Waals surface area contributed by atoms with E-state index < -0.39 is 11.5 Å². The van der Waals surface area contributed by atoms with Crippen LogP contribution < -0.4 is 0 Å². The number of likely N-dealkylation sites (tertiary alicyclic amines) is 1. The summed E-state index contributed by atoms with van der Waals surface area (Å²) in [5, 5.41) is 3.37. The smallest absolute Gasteiger partial charge is 0.335 e. The lowest BCUT2D eigenvalue weighted by Gasteiger charge is -2.45. The number of benzene rings is 2. The van der Waals surface area contributed by atoms with Crippen LogP contribution in [0.1, 0.15) is 35.8 Å². The molecule has 1 amide bonds. The molecule has 6 nitrogen and oxygen atoms in total. The van der Waals surface area contributed by atoms with Crippen LogP contribution in [0.15, 0.2) is 78.2 Å². The molecule has 1 aromatic heterocycles. The van der Waals surface area contributed by atoms with E-state index in [1.165, 1.54) is 16.9 Å². The van der Waals surface area contributed by atoms with Crippen molar-refractivity contribution in [3.8, 4) is 0 Å². The van der Waals surface area contributed by atoms with Crippen LogP contribution in [0.25, 0.3) is 0 Å². The molecule has 0 atom stereocenters. The third-order valence-corrected chi connectivity index (χ3v) is 7.34. The van der Waals surface area contributed by atoms with Crippen LogP contribution in [0.2, 0.25) is 0 Å². The average Bonchev–Trinajstić information content (AvgIpc) is 3.42. The molecule has 1 aliphatic heterocycles. The second kappa shape index (κ2) is 12.1. The van der Waals surface area contributed by atoms with Gasteiger partial charge >= 0.3 is 5.97 Å². The second-order valence-corrected chi connectivity index (χ2v) is 9.87. The van der Waals surface area contributed by atoms with E-state index in [2.05, 4.69) is 22.4 Å². The number of hydroxylamine groups is 2. The van der Waals surface area contributed by atoms with Gasteiger partial charge in [0, 0.05) is 31.4 Å². The van der Waals surface area contributed by atoms with Crippen molar-refractivity contribution >= 4 is 23.2 Å². The molecule has 1 fully saturated rings. The van der Waals surface area contributed by atoms with Crippen molar-refractivity contribution in [2.45, 2.75) is 44.9 Å². The minimum Gasteiger partial charge on any atom is -0.459 e. The molecule has 0 N–H and O–H groups in total. The Labute approximate surface area is 211 Å². The molecule has 7 heteroatoms. The lowest BCUT2D eigenvalue weighted by molar-refractivity contribution is -0.241. The molecule has 1 saturated heterocycles. The standard InChI is InChI=1S/C28H32N2O4S/c1-23(31)30(34-22-25-11-6-3-7-12-25)28(27(32)33-21-24-9-4-2-5-10-24)15-18-29(19-16-28)17-14-26-13-8-20-35-26/h2-13,20H,14-19,21-22H2,1H3. The summed E-state index contributed by atoms with van der Waals surface area (Å²) in [7, 11) is 0. The molecule has 35 heavy (non-hydrogen) atoms. The van der Waals surface area contributed by atoms with Crippen LogP contribution in [0, 0.1) is 0 Å². The fourth-order valence-electron chi connectivity index (χ4n) is 4.45. The van der Waals surface area contributed by atoms with E-state index in [9.17, 15) is 9.59 Å². The first-order chi connectivity index (χ1) is 17.1. The molecule has 0 aliphatic carbocycles. The second-order valence-electron chi connectivity index (χ2n) is 8.84. The quantitative estimate of drug-likeness (QED) is 0.299. The van der Waals surface area contributed by atoms with E-state index in [1.54, 1.807) is 11.3 Å². The summed E-state index contributed by atoms with van der Waals surface area (Å²) in [4.78, 5) is 36.1. The van der Waals surface area contributed by atoms with Gasteiger partial charge in [0.1, 0.15) is 13.2 Å². The van der Waals surface area contributed by atoms with Crippen molar-refractivity contribution in [2.24, 2.45) is 0 Å². The summed E-state index contributed by atoms with van der Waals surface area (Å²) < 4.78 is 5.78. The zero-order chi connectivity index (χ0) is 24.5. The molecular weight excluding hydrogens is 460 g/mol. The number of hydrogen-bond donors (Lipinski definition) is 0. The summed E-state index contributed by atoms with van der Waals surface area (Å²) in [6.45, 7) is 4.10. The van der Waals surface area contributed by atoms with Gasteiger partial charge in [0.05, 0.1) is 0 Å². The number of carbonyl (C=O) groups is 2. The van der Waals surface area contributed by atoms with Crippen molar-refractivity contribution in [3.63, 3.8) is 0 Å². The van der Waals surface area contributed by atoms with Gasteiger partial charge in [-0.1, -0.05) is 66.7 Å². The first-order valence-corrected chi connectivity index (χ1v) is 12.9. The van der Waals surface area contributed by atoms with Gasteiger partial charge in [0.2, 0.25) is 5.91 Å². The number of thiophene rings is 1. The Morgan fingerprint density at radius 3 is 2.11 bits per heavy atom. The number of rotatable bonds is 10. The summed E-state index contributed by atoms with van der Waals surface area (Å²) in [5.74, 6) is -0.716. The Morgan fingerprint density at radius 1 is 0.914 bits per heavy atom. The van der Waals surface area contributed by atoms with Gasteiger partial charge in [-0.3, -0.25) is 9.63 Å². The molecule has 0 saturated carbocycles. The number of hydrogen-bond acceptors (Lipinski definition) is 6. The lowest BCUT2D eigenvalue weighted by atomic mass is 9.86. The number of esters is 1. The first-order valence-electron chi connectivity index (χ1n) is 12.0. The fourth-order valence-corrected chi connectivity index (χ4v) is 5.14. The van der Waals surface area contributed by atoms with E-state index >= 15 is 0 Å². The summed E-state index contributed by atoms with van der Waals surface area (Å²) in [5.41, 5.74) is 0.679. The molecule has 0 unspecified atom stereocenters. The van der Waals surface area contributed by atoms with E-state index in [0.29, 0.717) is 25.9 Å². The molecule has 0 spiro atoms. The van der Waals surface area contributed by atoms with E-state index in [-0.39, 0.29) is 19.1 Å². The van der Waals surface area contributed by atoms with Crippen LogP contribution in [0.3, 0.4) is 0 Å². The molecule has 0 bridgehead atoms. The Balaban J connectivity index is 1.48. The number of ether oxygens (including phenoxy) is 1. The minimum absolute atomic E-state index is 0.161. The predicted octanol–water partition coefficient (Wildman–Crippen LogP) is 4.85. The summed E-state index contributed by atoms with van der Waals surface area (Å²) >= 11 is 1.76. The fraction of sp³-hybridized carbons (Fsp3) is 0.357. The van der Waals surface area contributed by atoms with Gasteiger partial charge in [-0.25, -0.2) is 9.86 Å². The van der Waals surface area contributed by atoms with Crippen LogP contribution in [-0.4, -0.2) is 47.0 Å². The van der Waals surface area contributed by atoms with Crippen molar-refractivity contribution in [2.75, 3.05) is 19.6 Å². The third kappa shape index (κ3) is 6.57. The maximum atomic E-state index is 13.6. The number of nitrogens with zero attached hydrogens (tertiary/aromatic N) is 2. The molecule has 2 heterocycles. The van der Waals surface area contributed by atoms with Gasteiger partial charge in [-0.05, 0) is 41.8 Å². The predicted molar refractivity (Wildman–Crippen MR) is 136 cm³/mol. The summed E-state index contributed by atoms with van der Waals surface area (Å²) in [6.07, 6.45) is 1.89. The zero-order valence-corrected chi connectivity index (χ0v) is 20.9. The molecular formula is C28H32N2O4S. The highest BCUT2D eigenvalue weighted by Gasteiger charge is 2.50. The highest BCUT2D eigenvalue weighted by Crippen LogP contribution is 2.32. The van der Waals surface area contributed by atoms with Gasteiger partial charge in [0.25, 0.3) is 0 Å². The van der Waals surface area contributed by atoms with Crippen LogP contribution in [0.4, 0.5) is 0 Å². The van der Waals surface area contributed by atoms with Crippen LogP contribution in [0.5, 0.6) is 0 Å². The molecule has 0 radical (unpaired) electrons. The topological polar surface area (TPSA) is 59.1 Å². The van der Waals surface area contributed by atoms with E-state index in [4.69, 9.17) is 9.57 Å². The SMILES string of the molecule is CC(=O)N(OCc1ccccc1)C1(C(=O)OCc2ccccc2)CCN(CCc2cccs2)CC1. The Hall–Kier alpha value is -3.00. The normalized spacial score (nSPS) is 15.5. The number of amides is 1. The monoisotopic (exact) mass is 492 g/mol. The molecule has 3 aromatic rings. The average molecular weight is 493 g/mol. The maximum Gasteiger partial charge on any atom is 0.335 e. The molecule has 4 rings (SSSR count). The van der Waals surface area contributed by atoms with E-state index in [0.717, 1.165) is 24.1 Å². The highest BCUT2D eigenvalue weighted by molar-refractivity contribution is 7.09. The Morgan fingerprint density at radius 2 is 1.54 bits per heavy atom.